The Morgan fingerprint density at radius 3 is 2.53 bits per heavy atom. The minimum absolute atomic E-state index is 0.0744. The molecule has 0 radical (unpaired) electrons. The highest BCUT2D eigenvalue weighted by Crippen LogP contribution is 2.59. The molecule has 1 fully saturated rings. The molecular weight excluding hydrogens is 210 g/mol. The van der Waals surface area contributed by atoms with Crippen molar-refractivity contribution in [2.24, 2.45) is 5.41 Å². The van der Waals surface area contributed by atoms with Crippen molar-refractivity contribution in [3.8, 4) is 0 Å². The number of anilines is 1. The fourth-order valence-corrected chi connectivity index (χ4v) is 3.88. The van der Waals surface area contributed by atoms with E-state index in [0.29, 0.717) is 5.91 Å². The Labute approximate surface area is 103 Å². The Morgan fingerprint density at radius 1 is 1.18 bits per heavy atom. The molecule has 3 rings (SSSR count). The van der Waals surface area contributed by atoms with Crippen LogP contribution in [0, 0.1) is 5.41 Å². The highest BCUT2D eigenvalue weighted by Gasteiger charge is 2.60. The minimum atomic E-state index is -0.266. The molecule has 1 aromatic rings. The van der Waals surface area contributed by atoms with Gasteiger partial charge in [0.15, 0.2) is 0 Å². The number of fused-ring (bicyclic) bond motifs is 2. The van der Waals surface area contributed by atoms with Gasteiger partial charge in [0.2, 0.25) is 5.91 Å². The molecule has 1 saturated carbocycles. The molecule has 1 spiro atoms. The molecule has 2 nitrogen and oxygen atoms in total. The number of rotatable bonds is 0. The highest BCUT2D eigenvalue weighted by molar-refractivity contribution is 6.08. The predicted molar refractivity (Wildman–Crippen MR) is 69.2 cm³/mol. The van der Waals surface area contributed by atoms with Crippen molar-refractivity contribution in [3.63, 3.8) is 0 Å². The van der Waals surface area contributed by atoms with Crippen molar-refractivity contribution in [1.29, 1.82) is 0 Å². The Balaban J connectivity index is 2.29. The first-order chi connectivity index (χ1) is 8.01. The van der Waals surface area contributed by atoms with Gasteiger partial charge in [-0.15, -0.1) is 0 Å². The van der Waals surface area contributed by atoms with Crippen LogP contribution in [0.3, 0.4) is 0 Å². The average molecular weight is 229 g/mol. The number of carbonyl (C=O) groups excluding carboxylic acids is 1. The number of benzene rings is 1. The topological polar surface area (TPSA) is 20.3 Å². The number of likely N-dealkylation sites (N-methyl/N-ethyl adjacent to an activating group) is 1. The molecule has 90 valence electrons. The maximum absolute atomic E-state index is 12.7. The van der Waals surface area contributed by atoms with E-state index in [4.69, 9.17) is 0 Å². The maximum atomic E-state index is 12.7. The normalized spacial score (nSPS) is 30.1. The van der Waals surface area contributed by atoms with Gasteiger partial charge in [0.1, 0.15) is 0 Å². The van der Waals surface area contributed by atoms with Crippen LogP contribution in [0.25, 0.3) is 0 Å². The second kappa shape index (κ2) is 3.12. The third kappa shape index (κ3) is 1.09. The first-order valence-electron chi connectivity index (χ1n) is 6.38. The van der Waals surface area contributed by atoms with E-state index in [1.807, 2.05) is 18.0 Å². The van der Waals surface area contributed by atoms with Crippen LogP contribution in [-0.4, -0.2) is 13.0 Å². The van der Waals surface area contributed by atoms with E-state index in [1.54, 1.807) is 0 Å². The molecule has 2 aliphatic rings. The summed E-state index contributed by atoms with van der Waals surface area (Å²) >= 11 is 0. The van der Waals surface area contributed by atoms with Gasteiger partial charge in [-0.05, 0) is 29.9 Å². The molecule has 1 aliphatic heterocycles. The molecule has 0 saturated heterocycles. The first-order valence-corrected chi connectivity index (χ1v) is 6.38. The molecule has 1 aromatic carbocycles. The van der Waals surface area contributed by atoms with Crippen LogP contribution in [0.5, 0.6) is 0 Å². The van der Waals surface area contributed by atoms with E-state index in [2.05, 4.69) is 32.0 Å². The predicted octanol–water partition coefficient (Wildman–Crippen LogP) is 3.11. The van der Waals surface area contributed by atoms with Gasteiger partial charge in [0.05, 0.1) is 5.41 Å². The summed E-state index contributed by atoms with van der Waals surface area (Å²) in [7, 11) is 1.91. The average Bonchev–Trinajstić information content (AvgIpc) is 2.73. The van der Waals surface area contributed by atoms with Crippen LogP contribution in [0.4, 0.5) is 5.69 Å². The summed E-state index contributed by atoms with van der Waals surface area (Å²) in [6, 6.07) is 8.28. The summed E-state index contributed by atoms with van der Waals surface area (Å²) < 4.78 is 0. The molecular formula is C15H19NO. The van der Waals surface area contributed by atoms with E-state index in [9.17, 15) is 4.79 Å². The lowest BCUT2D eigenvalue weighted by molar-refractivity contribution is -0.125. The molecule has 1 atom stereocenters. The zero-order chi connectivity index (χ0) is 12.3. The summed E-state index contributed by atoms with van der Waals surface area (Å²) in [5.41, 5.74) is 2.16. The number of amides is 1. The smallest absolute Gasteiger partial charge is 0.238 e. The van der Waals surface area contributed by atoms with Crippen LogP contribution < -0.4 is 4.90 Å². The number of carbonyl (C=O) groups is 1. The lowest BCUT2D eigenvalue weighted by atomic mass is 9.64. The number of hydrogen-bond acceptors (Lipinski definition) is 1. The molecule has 0 bridgehead atoms. The summed E-state index contributed by atoms with van der Waals surface area (Å²) in [5, 5.41) is 0. The van der Waals surface area contributed by atoms with Crippen molar-refractivity contribution in [2.45, 2.75) is 38.5 Å². The molecule has 0 aromatic heterocycles. The highest BCUT2D eigenvalue weighted by atomic mass is 16.2. The Bertz CT molecular complexity index is 491. The number of hydrogen-bond donors (Lipinski definition) is 0. The maximum Gasteiger partial charge on any atom is 0.238 e. The fraction of sp³-hybridized carbons (Fsp3) is 0.533. The van der Waals surface area contributed by atoms with Crippen LogP contribution in [-0.2, 0) is 10.2 Å². The van der Waals surface area contributed by atoms with E-state index in [0.717, 1.165) is 24.9 Å². The second-order valence-electron chi connectivity index (χ2n) is 6.02. The van der Waals surface area contributed by atoms with Crippen LogP contribution in [0.2, 0.25) is 0 Å². The zero-order valence-corrected chi connectivity index (χ0v) is 10.8. The van der Waals surface area contributed by atoms with Gasteiger partial charge in [0.25, 0.3) is 0 Å². The molecule has 2 heteroatoms. The Hall–Kier alpha value is -1.31. The monoisotopic (exact) mass is 229 g/mol. The van der Waals surface area contributed by atoms with Gasteiger partial charge in [-0.25, -0.2) is 0 Å². The lowest BCUT2D eigenvalue weighted by Gasteiger charge is -2.37. The Kier molecular flexibility index (Phi) is 1.99. The van der Waals surface area contributed by atoms with E-state index in [1.165, 1.54) is 5.56 Å². The summed E-state index contributed by atoms with van der Waals surface area (Å²) in [4.78, 5) is 14.6. The van der Waals surface area contributed by atoms with Crippen LogP contribution >= 0.6 is 0 Å². The lowest BCUT2D eigenvalue weighted by Crippen LogP contribution is -2.45. The van der Waals surface area contributed by atoms with E-state index >= 15 is 0 Å². The van der Waals surface area contributed by atoms with E-state index in [-0.39, 0.29) is 10.8 Å². The van der Waals surface area contributed by atoms with Crippen molar-refractivity contribution in [2.75, 3.05) is 11.9 Å². The van der Waals surface area contributed by atoms with Gasteiger partial charge in [-0.3, -0.25) is 4.79 Å². The second-order valence-corrected chi connectivity index (χ2v) is 6.02. The summed E-state index contributed by atoms with van der Waals surface area (Å²) in [6.07, 6.45) is 3.29. The largest absolute Gasteiger partial charge is 0.314 e. The van der Waals surface area contributed by atoms with Crippen LogP contribution in [0.15, 0.2) is 24.3 Å². The molecule has 1 unspecified atom stereocenters. The van der Waals surface area contributed by atoms with Gasteiger partial charge >= 0.3 is 0 Å². The first kappa shape index (κ1) is 10.8. The Morgan fingerprint density at radius 2 is 1.88 bits per heavy atom. The van der Waals surface area contributed by atoms with Crippen molar-refractivity contribution < 1.29 is 4.79 Å². The number of para-hydroxylation sites is 1. The van der Waals surface area contributed by atoms with Crippen molar-refractivity contribution in [1.82, 2.24) is 0 Å². The summed E-state index contributed by atoms with van der Waals surface area (Å²) in [6.45, 7) is 4.49. The van der Waals surface area contributed by atoms with Gasteiger partial charge in [-0.2, -0.15) is 0 Å². The van der Waals surface area contributed by atoms with E-state index < -0.39 is 0 Å². The SMILES string of the molecule is CN1C(=O)C2(CCCC2(C)C)c2ccccc21. The molecule has 1 heterocycles. The molecule has 17 heavy (non-hydrogen) atoms. The fourth-order valence-electron chi connectivity index (χ4n) is 3.88. The minimum Gasteiger partial charge on any atom is -0.314 e. The van der Waals surface area contributed by atoms with Crippen LogP contribution in [0.1, 0.15) is 38.7 Å². The molecule has 1 aliphatic carbocycles. The third-order valence-electron chi connectivity index (χ3n) is 4.90. The quantitative estimate of drug-likeness (QED) is 0.669. The van der Waals surface area contributed by atoms with Gasteiger partial charge in [-0.1, -0.05) is 38.5 Å². The number of nitrogens with zero attached hydrogens (tertiary/aromatic N) is 1. The molecule has 1 amide bonds. The third-order valence-corrected chi connectivity index (χ3v) is 4.90. The zero-order valence-electron chi connectivity index (χ0n) is 10.8. The van der Waals surface area contributed by atoms with Crippen molar-refractivity contribution in [3.05, 3.63) is 29.8 Å². The van der Waals surface area contributed by atoms with Gasteiger partial charge < -0.3 is 4.90 Å². The molecule has 0 N–H and O–H groups in total. The summed E-state index contributed by atoms with van der Waals surface area (Å²) in [5.74, 6) is 0.293. The van der Waals surface area contributed by atoms with Crippen molar-refractivity contribution >= 4 is 11.6 Å². The van der Waals surface area contributed by atoms with Gasteiger partial charge in [0, 0.05) is 12.7 Å². The standard InChI is InChI=1S/C15H19NO/c1-14(2)9-6-10-15(14)11-7-4-5-8-12(11)16(3)13(15)17/h4-5,7-8H,6,9-10H2,1-3H3.